The third-order valence-electron chi connectivity index (χ3n) is 9.27. The van der Waals surface area contributed by atoms with Gasteiger partial charge in [0.25, 0.3) is 0 Å². The quantitative estimate of drug-likeness (QED) is 0.229. The van der Waals surface area contributed by atoms with Crippen molar-refractivity contribution in [2.45, 2.75) is 98.1 Å². The van der Waals surface area contributed by atoms with Crippen LogP contribution in [-0.4, -0.2) is 46.2 Å². The molecule has 0 radical (unpaired) electrons. The van der Waals surface area contributed by atoms with Crippen LogP contribution in [0.4, 0.5) is 0 Å². The average Bonchev–Trinajstić information content (AvgIpc) is 3.17. The van der Waals surface area contributed by atoms with Crippen LogP contribution in [0.2, 0.25) is 39.3 Å². The standard InChI is InChI=1S/C28H47NO4Si2/c1-9-32-25(31)18-20-17-23-27(2,15-13-24(30)29(23)34(3,4)5)21-12-16-28(19-33-35(6,7)8)14-10-11-22(28)26(20)21/h17-18,21-22,26H,9-16,19H2,1-8H3/t21-,22-,26+,27+,28-/m0/s1. The Morgan fingerprint density at radius 3 is 2.46 bits per heavy atom. The lowest BCUT2D eigenvalue weighted by Gasteiger charge is -2.60. The van der Waals surface area contributed by atoms with Gasteiger partial charge in [-0.1, -0.05) is 33.0 Å². The number of carbonyl (C=O) groups is 2. The molecule has 0 bridgehead atoms. The minimum Gasteiger partial charge on any atom is -0.463 e. The minimum atomic E-state index is -1.93. The van der Waals surface area contributed by atoms with Crippen LogP contribution in [-0.2, 0) is 18.8 Å². The van der Waals surface area contributed by atoms with Gasteiger partial charge in [0.15, 0.2) is 16.6 Å². The molecular weight excluding hydrogens is 470 g/mol. The fraction of sp³-hybridized carbons (Fsp3) is 0.786. The molecule has 0 aromatic rings. The highest BCUT2D eigenvalue weighted by molar-refractivity contribution is 6.76. The van der Waals surface area contributed by atoms with E-state index < -0.39 is 16.6 Å². The number of hydrogen-bond donors (Lipinski definition) is 0. The number of esters is 1. The fourth-order valence-corrected chi connectivity index (χ4v) is 10.4. The lowest BCUT2D eigenvalue weighted by atomic mass is 9.48. The number of allylic oxidation sites excluding steroid dienone is 3. The molecule has 0 N–H and O–H groups in total. The van der Waals surface area contributed by atoms with E-state index in [0.717, 1.165) is 25.0 Å². The van der Waals surface area contributed by atoms with E-state index in [2.05, 4.69) is 56.8 Å². The van der Waals surface area contributed by atoms with Crippen LogP contribution in [0, 0.1) is 28.6 Å². The molecule has 5 atom stereocenters. The summed E-state index contributed by atoms with van der Waals surface area (Å²) >= 11 is 0. The van der Waals surface area contributed by atoms with E-state index in [1.165, 1.54) is 31.4 Å². The lowest BCUT2D eigenvalue weighted by Crippen LogP contribution is -2.60. The highest BCUT2D eigenvalue weighted by Gasteiger charge is 2.60. The largest absolute Gasteiger partial charge is 0.463 e. The highest BCUT2D eigenvalue weighted by atomic mass is 28.4. The van der Waals surface area contributed by atoms with E-state index in [1.54, 1.807) is 6.08 Å². The Hall–Kier alpha value is -1.19. The first kappa shape index (κ1) is 26.9. The van der Waals surface area contributed by atoms with E-state index in [1.807, 2.05) is 6.92 Å². The van der Waals surface area contributed by atoms with Crippen LogP contribution < -0.4 is 0 Å². The van der Waals surface area contributed by atoms with Crippen LogP contribution in [0.15, 0.2) is 23.4 Å². The van der Waals surface area contributed by atoms with Crippen LogP contribution in [0.5, 0.6) is 0 Å². The second-order valence-corrected chi connectivity index (χ2v) is 23.0. The first-order valence-corrected chi connectivity index (χ1v) is 20.6. The van der Waals surface area contributed by atoms with Gasteiger partial charge in [0.2, 0.25) is 5.91 Å². The second kappa shape index (κ2) is 9.28. The zero-order valence-electron chi connectivity index (χ0n) is 23.3. The first-order chi connectivity index (χ1) is 16.2. The van der Waals surface area contributed by atoms with Crippen molar-refractivity contribution >= 4 is 28.4 Å². The van der Waals surface area contributed by atoms with E-state index in [-0.39, 0.29) is 22.7 Å². The Labute approximate surface area is 214 Å². The monoisotopic (exact) mass is 517 g/mol. The smallest absolute Gasteiger partial charge is 0.331 e. The van der Waals surface area contributed by atoms with Gasteiger partial charge in [0.05, 0.1) is 6.61 Å². The fourth-order valence-electron chi connectivity index (χ4n) is 7.78. The molecule has 1 heterocycles. The molecule has 7 heteroatoms. The summed E-state index contributed by atoms with van der Waals surface area (Å²) in [6, 6.07) is 0. The van der Waals surface area contributed by atoms with Crippen molar-refractivity contribution in [2.24, 2.45) is 28.6 Å². The predicted octanol–water partition coefficient (Wildman–Crippen LogP) is 6.50. The van der Waals surface area contributed by atoms with Crippen molar-refractivity contribution in [3.8, 4) is 0 Å². The second-order valence-electron chi connectivity index (χ2n) is 13.7. The van der Waals surface area contributed by atoms with Gasteiger partial charge in [0.1, 0.15) is 0 Å². The molecule has 4 aliphatic rings. The molecule has 0 spiro atoms. The van der Waals surface area contributed by atoms with Crippen molar-refractivity contribution in [1.82, 2.24) is 4.57 Å². The summed E-state index contributed by atoms with van der Waals surface area (Å²) in [6.07, 6.45) is 11.6. The molecule has 35 heavy (non-hydrogen) atoms. The summed E-state index contributed by atoms with van der Waals surface area (Å²) in [7, 11) is -3.56. The normalized spacial score (nSPS) is 36.4. The topological polar surface area (TPSA) is 55.8 Å². The molecule has 0 aromatic carbocycles. The molecule has 1 saturated heterocycles. The summed E-state index contributed by atoms with van der Waals surface area (Å²) in [5, 5.41) is 0. The lowest BCUT2D eigenvalue weighted by molar-refractivity contribution is -0.137. The third kappa shape index (κ3) is 4.89. The van der Waals surface area contributed by atoms with E-state index in [4.69, 9.17) is 9.16 Å². The SMILES string of the molecule is CCOC(=O)C=C1C=C2N([Si](C)(C)C)C(=O)CC[C@]2(C)[C@H]2CC[C@]3(CO[Si](C)(C)C)CCC[C@H]3[C@H]12. The van der Waals surface area contributed by atoms with Gasteiger partial charge in [0, 0.05) is 30.2 Å². The molecule has 1 aliphatic heterocycles. The molecule has 3 fully saturated rings. The maximum Gasteiger partial charge on any atom is 0.331 e. The summed E-state index contributed by atoms with van der Waals surface area (Å²) < 4.78 is 14.2. The summed E-state index contributed by atoms with van der Waals surface area (Å²) in [6.45, 7) is 19.1. The van der Waals surface area contributed by atoms with Crippen LogP contribution in [0.3, 0.4) is 0 Å². The van der Waals surface area contributed by atoms with Crippen LogP contribution >= 0.6 is 0 Å². The van der Waals surface area contributed by atoms with E-state index in [0.29, 0.717) is 30.8 Å². The van der Waals surface area contributed by atoms with Gasteiger partial charge < -0.3 is 13.7 Å². The van der Waals surface area contributed by atoms with Gasteiger partial charge in [-0.05, 0) is 93.5 Å². The zero-order chi connectivity index (χ0) is 25.8. The number of fused-ring (bicyclic) bond motifs is 5. The van der Waals surface area contributed by atoms with Gasteiger partial charge >= 0.3 is 5.97 Å². The molecule has 1 amide bonds. The molecule has 3 aliphatic carbocycles. The number of piperidine rings is 1. The predicted molar refractivity (Wildman–Crippen MR) is 146 cm³/mol. The molecule has 5 nitrogen and oxygen atoms in total. The maximum absolute atomic E-state index is 13.2. The number of rotatable bonds is 6. The minimum absolute atomic E-state index is 0.0285. The molecule has 196 valence electrons. The van der Waals surface area contributed by atoms with Gasteiger partial charge in [-0.25, -0.2) is 4.79 Å². The number of ether oxygens (including phenoxy) is 1. The van der Waals surface area contributed by atoms with Gasteiger partial charge in [-0.2, -0.15) is 0 Å². The van der Waals surface area contributed by atoms with Crippen molar-refractivity contribution in [3.05, 3.63) is 23.4 Å². The molecule has 0 unspecified atom stereocenters. The Balaban J connectivity index is 1.83. The van der Waals surface area contributed by atoms with Crippen molar-refractivity contribution in [2.75, 3.05) is 13.2 Å². The average molecular weight is 518 g/mol. The van der Waals surface area contributed by atoms with Crippen LogP contribution in [0.1, 0.15) is 58.8 Å². The zero-order valence-corrected chi connectivity index (χ0v) is 25.3. The number of amides is 1. The summed E-state index contributed by atoms with van der Waals surface area (Å²) in [5.74, 6) is 1.29. The Morgan fingerprint density at radius 1 is 1.11 bits per heavy atom. The molecule has 2 saturated carbocycles. The summed E-state index contributed by atoms with van der Waals surface area (Å²) in [5.41, 5.74) is 2.45. The van der Waals surface area contributed by atoms with E-state index in [9.17, 15) is 9.59 Å². The Bertz CT molecular complexity index is 930. The third-order valence-corrected chi connectivity index (χ3v) is 12.1. The number of nitrogens with zero attached hydrogens (tertiary/aromatic N) is 1. The maximum atomic E-state index is 13.2. The van der Waals surface area contributed by atoms with E-state index >= 15 is 0 Å². The Kier molecular flexibility index (Phi) is 7.13. The molecular formula is C28H47NO4Si2. The van der Waals surface area contributed by atoms with Gasteiger partial charge in [-0.3, -0.25) is 4.79 Å². The highest BCUT2D eigenvalue weighted by Crippen LogP contribution is 2.66. The number of carbonyl (C=O) groups excluding carboxylic acids is 2. The first-order valence-electron chi connectivity index (χ1n) is 13.8. The number of hydrogen-bond acceptors (Lipinski definition) is 4. The molecule has 0 aromatic heterocycles. The van der Waals surface area contributed by atoms with Crippen molar-refractivity contribution in [3.63, 3.8) is 0 Å². The Morgan fingerprint density at radius 2 is 1.83 bits per heavy atom. The molecule has 4 rings (SSSR count). The van der Waals surface area contributed by atoms with Gasteiger partial charge in [-0.15, -0.1) is 0 Å². The van der Waals surface area contributed by atoms with Crippen molar-refractivity contribution < 1.29 is 18.8 Å². The van der Waals surface area contributed by atoms with Crippen LogP contribution in [0.25, 0.3) is 0 Å². The van der Waals surface area contributed by atoms with Crippen molar-refractivity contribution in [1.29, 1.82) is 0 Å². The summed E-state index contributed by atoms with van der Waals surface area (Å²) in [4.78, 5) is 26.0.